The van der Waals surface area contributed by atoms with Crippen molar-refractivity contribution in [3.8, 4) is 0 Å². The highest BCUT2D eigenvalue weighted by Gasteiger charge is 2.18. The minimum Gasteiger partial charge on any atom is -0.330 e. The van der Waals surface area contributed by atoms with Crippen molar-refractivity contribution in [2.24, 2.45) is 17.1 Å². The van der Waals surface area contributed by atoms with Crippen LogP contribution in [0.3, 0.4) is 0 Å². The maximum Gasteiger partial charge on any atom is 0.133 e. The molecule has 1 unspecified atom stereocenters. The Balaban J connectivity index is 3.79. The minimum atomic E-state index is 0.222. The van der Waals surface area contributed by atoms with Crippen LogP contribution in [0.2, 0.25) is 0 Å². The summed E-state index contributed by atoms with van der Waals surface area (Å²) >= 11 is 0. The molecule has 0 radical (unpaired) electrons. The second-order valence-corrected chi connectivity index (χ2v) is 5.46. The van der Waals surface area contributed by atoms with Crippen LogP contribution >= 0.6 is 0 Å². The van der Waals surface area contributed by atoms with Crippen LogP contribution in [0.1, 0.15) is 59.8 Å². The summed E-state index contributed by atoms with van der Waals surface area (Å²) in [6, 6.07) is 0. The quantitative estimate of drug-likeness (QED) is 0.673. The summed E-state index contributed by atoms with van der Waals surface area (Å²) in [5.74, 6) is 0.949. The molecule has 0 aromatic heterocycles. The molecule has 0 saturated carbocycles. The highest BCUT2D eigenvalue weighted by Crippen LogP contribution is 2.26. The summed E-state index contributed by atoms with van der Waals surface area (Å²) in [5.41, 5.74) is 5.76. The third kappa shape index (κ3) is 7.55. The van der Waals surface area contributed by atoms with Crippen LogP contribution in [0.25, 0.3) is 0 Å². The van der Waals surface area contributed by atoms with E-state index in [9.17, 15) is 4.79 Å². The van der Waals surface area contributed by atoms with Gasteiger partial charge in [-0.2, -0.15) is 0 Å². The minimum absolute atomic E-state index is 0.222. The monoisotopic (exact) mass is 213 g/mol. The van der Waals surface area contributed by atoms with Crippen molar-refractivity contribution in [2.75, 3.05) is 6.54 Å². The van der Waals surface area contributed by atoms with Crippen molar-refractivity contribution >= 4 is 5.78 Å². The molecule has 0 spiro atoms. The van der Waals surface area contributed by atoms with E-state index in [1.54, 1.807) is 0 Å². The molecule has 0 aromatic rings. The van der Waals surface area contributed by atoms with Gasteiger partial charge in [-0.25, -0.2) is 0 Å². The van der Waals surface area contributed by atoms with Crippen molar-refractivity contribution < 1.29 is 4.79 Å². The predicted octanol–water partition coefficient (Wildman–Crippen LogP) is 3.15. The lowest BCUT2D eigenvalue weighted by Gasteiger charge is -2.23. The number of hydrogen-bond acceptors (Lipinski definition) is 2. The number of Topliss-reactive ketones (excluding diaryl/α,β-unsaturated/α-hetero) is 1. The van der Waals surface area contributed by atoms with Gasteiger partial charge in [-0.1, -0.05) is 34.1 Å². The number of rotatable bonds is 8. The molecule has 0 aliphatic rings. The molecule has 0 aromatic carbocycles. The van der Waals surface area contributed by atoms with Gasteiger partial charge in [0, 0.05) is 12.8 Å². The average Bonchev–Trinajstić information content (AvgIpc) is 2.15. The zero-order chi connectivity index (χ0) is 11.9. The Kier molecular flexibility index (Phi) is 6.82. The molecular weight excluding hydrogens is 186 g/mol. The fourth-order valence-electron chi connectivity index (χ4n) is 1.63. The van der Waals surface area contributed by atoms with Crippen molar-refractivity contribution in [1.29, 1.82) is 0 Å². The molecule has 0 bridgehead atoms. The standard InChI is InChI=1S/C13H27NO/c1-5-11(2)10-12(15)6-7-13(3,4)8-9-14/h11H,5-10,14H2,1-4H3. The van der Waals surface area contributed by atoms with Gasteiger partial charge in [-0.05, 0) is 30.7 Å². The van der Waals surface area contributed by atoms with E-state index in [2.05, 4.69) is 27.7 Å². The molecule has 0 amide bonds. The van der Waals surface area contributed by atoms with E-state index in [-0.39, 0.29) is 5.41 Å². The van der Waals surface area contributed by atoms with E-state index >= 15 is 0 Å². The lowest BCUT2D eigenvalue weighted by molar-refractivity contribution is -0.120. The zero-order valence-corrected chi connectivity index (χ0v) is 10.8. The predicted molar refractivity (Wildman–Crippen MR) is 65.8 cm³/mol. The van der Waals surface area contributed by atoms with E-state index in [0.29, 0.717) is 18.2 Å². The van der Waals surface area contributed by atoms with Crippen LogP contribution in [-0.4, -0.2) is 12.3 Å². The molecule has 0 rings (SSSR count). The Labute approximate surface area is 94.6 Å². The van der Waals surface area contributed by atoms with Crippen molar-refractivity contribution in [1.82, 2.24) is 0 Å². The molecule has 2 nitrogen and oxygen atoms in total. The van der Waals surface area contributed by atoms with Crippen molar-refractivity contribution in [2.45, 2.75) is 59.8 Å². The van der Waals surface area contributed by atoms with Crippen LogP contribution in [0, 0.1) is 11.3 Å². The van der Waals surface area contributed by atoms with E-state index < -0.39 is 0 Å². The van der Waals surface area contributed by atoms with Gasteiger partial charge >= 0.3 is 0 Å². The Morgan fingerprint density at radius 1 is 1.33 bits per heavy atom. The Morgan fingerprint density at radius 3 is 2.40 bits per heavy atom. The fraction of sp³-hybridized carbons (Fsp3) is 0.923. The van der Waals surface area contributed by atoms with Crippen molar-refractivity contribution in [3.63, 3.8) is 0 Å². The topological polar surface area (TPSA) is 43.1 Å². The molecule has 0 aliphatic heterocycles. The summed E-state index contributed by atoms with van der Waals surface area (Å²) in [5, 5.41) is 0. The first-order valence-electron chi connectivity index (χ1n) is 6.13. The third-order valence-electron chi connectivity index (χ3n) is 3.17. The number of ketones is 1. The van der Waals surface area contributed by atoms with Gasteiger partial charge in [0.25, 0.3) is 0 Å². The van der Waals surface area contributed by atoms with E-state index in [1.807, 2.05) is 0 Å². The third-order valence-corrected chi connectivity index (χ3v) is 3.17. The van der Waals surface area contributed by atoms with Crippen LogP contribution in [0.5, 0.6) is 0 Å². The first-order chi connectivity index (χ1) is 6.91. The molecule has 15 heavy (non-hydrogen) atoms. The van der Waals surface area contributed by atoms with Gasteiger partial charge in [-0.3, -0.25) is 4.79 Å². The van der Waals surface area contributed by atoms with E-state index in [0.717, 1.165) is 32.1 Å². The second-order valence-electron chi connectivity index (χ2n) is 5.46. The van der Waals surface area contributed by atoms with Crippen molar-refractivity contribution in [3.05, 3.63) is 0 Å². The van der Waals surface area contributed by atoms with Gasteiger partial charge in [0.05, 0.1) is 0 Å². The Bertz CT molecular complexity index is 187. The Morgan fingerprint density at radius 2 is 1.93 bits per heavy atom. The molecule has 0 heterocycles. The number of nitrogens with two attached hydrogens (primary N) is 1. The van der Waals surface area contributed by atoms with Gasteiger partial charge in [0.15, 0.2) is 0 Å². The number of carbonyl (C=O) groups is 1. The van der Waals surface area contributed by atoms with Crippen LogP contribution in [0.15, 0.2) is 0 Å². The summed E-state index contributed by atoms with van der Waals surface area (Å²) < 4.78 is 0. The fourth-order valence-corrected chi connectivity index (χ4v) is 1.63. The average molecular weight is 213 g/mol. The molecular formula is C13H27NO. The van der Waals surface area contributed by atoms with Gasteiger partial charge in [-0.15, -0.1) is 0 Å². The summed E-state index contributed by atoms with van der Waals surface area (Å²) in [7, 11) is 0. The van der Waals surface area contributed by atoms with E-state index in [4.69, 9.17) is 5.73 Å². The Hall–Kier alpha value is -0.370. The molecule has 0 saturated heterocycles. The van der Waals surface area contributed by atoms with Gasteiger partial charge < -0.3 is 5.73 Å². The first kappa shape index (κ1) is 14.6. The molecule has 0 fully saturated rings. The maximum absolute atomic E-state index is 11.6. The molecule has 90 valence electrons. The first-order valence-corrected chi connectivity index (χ1v) is 6.13. The number of carbonyl (C=O) groups excluding carboxylic acids is 1. The highest BCUT2D eigenvalue weighted by molar-refractivity contribution is 5.78. The normalized spacial score (nSPS) is 13.9. The molecule has 2 heteroatoms. The highest BCUT2D eigenvalue weighted by atomic mass is 16.1. The second kappa shape index (κ2) is 7.00. The molecule has 1 atom stereocenters. The zero-order valence-electron chi connectivity index (χ0n) is 10.8. The number of hydrogen-bond donors (Lipinski definition) is 1. The van der Waals surface area contributed by atoms with Crippen LogP contribution < -0.4 is 5.73 Å². The van der Waals surface area contributed by atoms with Crippen LogP contribution in [0.4, 0.5) is 0 Å². The lowest BCUT2D eigenvalue weighted by atomic mass is 9.83. The lowest BCUT2D eigenvalue weighted by Crippen LogP contribution is -2.18. The van der Waals surface area contributed by atoms with Crippen LogP contribution in [-0.2, 0) is 4.79 Å². The summed E-state index contributed by atoms with van der Waals surface area (Å²) in [6.45, 7) is 9.37. The summed E-state index contributed by atoms with van der Waals surface area (Å²) in [6.07, 6.45) is 4.54. The summed E-state index contributed by atoms with van der Waals surface area (Å²) in [4.78, 5) is 11.6. The molecule has 2 N–H and O–H groups in total. The van der Waals surface area contributed by atoms with E-state index in [1.165, 1.54) is 0 Å². The SMILES string of the molecule is CCC(C)CC(=O)CCC(C)(C)CCN. The van der Waals surface area contributed by atoms with Gasteiger partial charge in [0.2, 0.25) is 0 Å². The largest absolute Gasteiger partial charge is 0.330 e. The van der Waals surface area contributed by atoms with Gasteiger partial charge in [0.1, 0.15) is 5.78 Å². The smallest absolute Gasteiger partial charge is 0.133 e. The maximum atomic E-state index is 11.6. The molecule has 0 aliphatic carbocycles.